The quantitative estimate of drug-likeness (QED) is 0.627. The molecule has 0 spiro atoms. The Morgan fingerprint density at radius 1 is 1.00 bits per heavy atom. The Hall–Kier alpha value is -3.09. The van der Waals surface area contributed by atoms with Gasteiger partial charge in [0, 0.05) is 5.69 Å². The topological polar surface area (TPSA) is 73.9 Å². The molecule has 0 aromatic heterocycles. The SMILES string of the molecule is CCOc1cc(C(=O)OC(C)C(=O)Nc2ccc(F)cc2)ccc1OCC(C)C. The number of carbonyl (C=O) groups is 2. The lowest BCUT2D eigenvalue weighted by Gasteiger charge is -2.16. The maximum absolute atomic E-state index is 12.9. The number of nitrogens with one attached hydrogen (secondary N) is 1. The summed E-state index contributed by atoms with van der Waals surface area (Å²) in [7, 11) is 0. The number of hydrogen-bond donors (Lipinski definition) is 1. The highest BCUT2D eigenvalue weighted by Gasteiger charge is 2.20. The Kier molecular flexibility index (Phi) is 8.00. The van der Waals surface area contributed by atoms with Crippen molar-refractivity contribution in [1.29, 1.82) is 0 Å². The molecule has 0 fully saturated rings. The standard InChI is InChI=1S/C22H26FNO5/c1-5-27-20-12-16(6-11-19(20)28-13-14(2)3)22(26)29-15(4)21(25)24-18-9-7-17(23)8-10-18/h6-12,14-15H,5,13H2,1-4H3,(H,24,25). The van der Waals surface area contributed by atoms with Crippen LogP contribution < -0.4 is 14.8 Å². The van der Waals surface area contributed by atoms with Gasteiger partial charge in [-0.1, -0.05) is 13.8 Å². The second-order valence-electron chi connectivity index (χ2n) is 6.84. The lowest BCUT2D eigenvalue weighted by molar-refractivity contribution is -0.123. The Morgan fingerprint density at radius 3 is 2.31 bits per heavy atom. The van der Waals surface area contributed by atoms with Crippen LogP contribution in [0.4, 0.5) is 10.1 Å². The zero-order chi connectivity index (χ0) is 21.4. The minimum atomic E-state index is -1.04. The highest BCUT2D eigenvalue weighted by molar-refractivity contribution is 5.97. The fraction of sp³-hybridized carbons (Fsp3) is 0.364. The van der Waals surface area contributed by atoms with Crippen molar-refractivity contribution in [3.8, 4) is 11.5 Å². The second-order valence-corrected chi connectivity index (χ2v) is 6.84. The van der Waals surface area contributed by atoms with Gasteiger partial charge in [-0.3, -0.25) is 4.79 Å². The van der Waals surface area contributed by atoms with Gasteiger partial charge in [0.1, 0.15) is 5.82 Å². The van der Waals surface area contributed by atoms with Crippen LogP contribution in [0.1, 0.15) is 38.1 Å². The number of ether oxygens (including phenoxy) is 3. The summed E-state index contributed by atoms with van der Waals surface area (Å²) in [5.74, 6) is -0.275. The molecular formula is C22H26FNO5. The van der Waals surface area contributed by atoms with Crippen LogP contribution >= 0.6 is 0 Å². The number of esters is 1. The van der Waals surface area contributed by atoms with Gasteiger partial charge in [-0.25, -0.2) is 9.18 Å². The van der Waals surface area contributed by atoms with Crippen LogP contribution in [0, 0.1) is 11.7 Å². The molecule has 0 saturated carbocycles. The van der Waals surface area contributed by atoms with Gasteiger partial charge in [0.05, 0.1) is 18.8 Å². The fourth-order valence-corrected chi connectivity index (χ4v) is 2.34. The maximum Gasteiger partial charge on any atom is 0.339 e. The summed E-state index contributed by atoms with van der Waals surface area (Å²) in [5.41, 5.74) is 0.649. The average molecular weight is 403 g/mol. The van der Waals surface area contributed by atoms with Crippen LogP contribution in [0.2, 0.25) is 0 Å². The third-order valence-electron chi connectivity index (χ3n) is 3.82. The molecule has 0 heterocycles. The van der Waals surface area contributed by atoms with E-state index in [4.69, 9.17) is 14.2 Å². The van der Waals surface area contributed by atoms with E-state index in [9.17, 15) is 14.0 Å². The molecule has 1 amide bonds. The van der Waals surface area contributed by atoms with E-state index in [0.29, 0.717) is 36.3 Å². The van der Waals surface area contributed by atoms with Crippen LogP contribution in [-0.4, -0.2) is 31.2 Å². The van der Waals surface area contributed by atoms with Crippen molar-refractivity contribution in [2.24, 2.45) is 5.92 Å². The summed E-state index contributed by atoms with van der Waals surface area (Å²) in [6.07, 6.45) is -1.04. The molecule has 0 bridgehead atoms. The summed E-state index contributed by atoms with van der Waals surface area (Å²) in [5, 5.41) is 2.57. The Morgan fingerprint density at radius 2 is 1.69 bits per heavy atom. The van der Waals surface area contributed by atoms with Crippen molar-refractivity contribution in [2.75, 3.05) is 18.5 Å². The Bertz CT molecular complexity index is 836. The van der Waals surface area contributed by atoms with Gasteiger partial charge in [0.15, 0.2) is 17.6 Å². The van der Waals surface area contributed by atoms with Crippen molar-refractivity contribution < 1.29 is 28.2 Å². The molecule has 0 saturated heterocycles. The summed E-state index contributed by atoms with van der Waals surface area (Å²) < 4.78 is 29.5. The van der Waals surface area contributed by atoms with E-state index in [2.05, 4.69) is 5.32 Å². The minimum absolute atomic E-state index is 0.242. The molecular weight excluding hydrogens is 377 g/mol. The maximum atomic E-state index is 12.9. The first-order valence-electron chi connectivity index (χ1n) is 9.47. The predicted octanol–water partition coefficient (Wildman–Crippen LogP) is 4.44. The van der Waals surface area contributed by atoms with Gasteiger partial charge < -0.3 is 19.5 Å². The molecule has 2 rings (SSSR count). The number of carbonyl (C=O) groups excluding carboxylic acids is 2. The number of benzene rings is 2. The summed E-state index contributed by atoms with van der Waals surface area (Å²) >= 11 is 0. The lowest BCUT2D eigenvalue weighted by Crippen LogP contribution is -2.30. The van der Waals surface area contributed by atoms with E-state index < -0.39 is 23.8 Å². The molecule has 1 unspecified atom stereocenters. The zero-order valence-electron chi connectivity index (χ0n) is 17.0. The van der Waals surface area contributed by atoms with Gasteiger partial charge in [-0.2, -0.15) is 0 Å². The molecule has 0 aliphatic carbocycles. The molecule has 0 aliphatic rings. The van der Waals surface area contributed by atoms with E-state index >= 15 is 0 Å². The Balaban J connectivity index is 2.03. The third-order valence-corrected chi connectivity index (χ3v) is 3.82. The smallest absolute Gasteiger partial charge is 0.339 e. The summed E-state index contributed by atoms with van der Waals surface area (Å²) in [6, 6.07) is 10.0. The molecule has 0 aliphatic heterocycles. The van der Waals surface area contributed by atoms with E-state index in [1.54, 1.807) is 12.1 Å². The molecule has 29 heavy (non-hydrogen) atoms. The Labute approximate surface area is 170 Å². The van der Waals surface area contributed by atoms with Gasteiger partial charge in [-0.15, -0.1) is 0 Å². The second kappa shape index (κ2) is 10.5. The van der Waals surface area contributed by atoms with Crippen LogP contribution in [0.15, 0.2) is 42.5 Å². The molecule has 1 N–H and O–H groups in total. The van der Waals surface area contributed by atoms with Crippen molar-refractivity contribution in [2.45, 2.75) is 33.8 Å². The van der Waals surface area contributed by atoms with Crippen LogP contribution in [-0.2, 0) is 9.53 Å². The molecule has 2 aromatic rings. The average Bonchev–Trinajstić information content (AvgIpc) is 2.68. The zero-order valence-corrected chi connectivity index (χ0v) is 17.0. The van der Waals surface area contributed by atoms with Crippen LogP contribution in [0.3, 0.4) is 0 Å². The van der Waals surface area contributed by atoms with E-state index in [-0.39, 0.29) is 5.56 Å². The molecule has 2 aromatic carbocycles. The highest BCUT2D eigenvalue weighted by Crippen LogP contribution is 2.29. The molecule has 156 valence electrons. The molecule has 0 radical (unpaired) electrons. The number of amides is 1. The van der Waals surface area contributed by atoms with Crippen molar-refractivity contribution in [1.82, 2.24) is 0 Å². The fourth-order valence-electron chi connectivity index (χ4n) is 2.34. The van der Waals surface area contributed by atoms with Crippen LogP contribution in [0.25, 0.3) is 0 Å². The molecule has 7 heteroatoms. The third kappa shape index (κ3) is 6.78. The molecule has 1 atom stereocenters. The minimum Gasteiger partial charge on any atom is -0.490 e. The summed E-state index contributed by atoms with van der Waals surface area (Å²) in [6.45, 7) is 8.28. The van der Waals surface area contributed by atoms with Gasteiger partial charge in [-0.05, 0) is 62.2 Å². The predicted molar refractivity (Wildman–Crippen MR) is 108 cm³/mol. The normalized spacial score (nSPS) is 11.7. The number of rotatable bonds is 9. The number of anilines is 1. The van der Waals surface area contributed by atoms with Crippen molar-refractivity contribution in [3.63, 3.8) is 0 Å². The highest BCUT2D eigenvalue weighted by atomic mass is 19.1. The summed E-state index contributed by atoms with van der Waals surface area (Å²) in [4.78, 5) is 24.7. The van der Waals surface area contributed by atoms with Gasteiger partial charge in [0.2, 0.25) is 0 Å². The first-order valence-corrected chi connectivity index (χ1v) is 9.47. The van der Waals surface area contributed by atoms with E-state index in [0.717, 1.165) is 0 Å². The molecule has 6 nitrogen and oxygen atoms in total. The van der Waals surface area contributed by atoms with E-state index in [1.807, 2.05) is 20.8 Å². The van der Waals surface area contributed by atoms with Crippen molar-refractivity contribution >= 4 is 17.6 Å². The first-order chi connectivity index (χ1) is 13.8. The number of halogens is 1. The van der Waals surface area contributed by atoms with Crippen molar-refractivity contribution in [3.05, 3.63) is 53.8 Å². The van der Waals surface area contributed by atoms with Crippen LogP contribution in [0.5, 0.6) is 11.5 Å². The lowest BCUT2D eigenvalue weighted by atomic mass is 10.2. The van der Waals surface area contributed by atoms with Gasteiger partial charge >= 0.3 is 5.97 Å². The van der Waals surface area contributed by atoms with E-state index in [1.165, 1.54) is 37.3 Å². The number of hydrogen-bond acceptors (Lipinski definition) is 5. The largest absolute Gasteiger partial charge is 0.490 e. The first kappa shape index (κ1) is 22.2. The van der Waals surface area contributed by atoms with Gasteiger partial charge in [0.25, 0.3) is 5.91 Å². The monoisotopic (exact) mass is 403 g/mol.